The van der Waals surface area contributed by atoms with Gasteiger partial charge in [-0.2, -0.15) is 0 Å². The molecule has 0 aliphatic heterocycles. The van der Waals surface area contributed by atoms with Crippen molar-refractivity contribution in [2.75, 3.05) is 6.61 Å². The topological polar surface area (TPSA) is 64.6 Å². The molecule has 1 N–H and O–H groups in total. The van der Waals surface area contributed by atoms with Gasteiger partial charge in [0.1, 0.15) is 5.75 Å². The van der Waals surface area contributed by atoms with E-state index in [9.17, 15) is 9.59 Å². The Morgan fingerprint density at radius 2 is 2.04 bits per heavy atom. The predicted molar refractivity (Wildman–Crippen MR) is 87.4 cm³/mol. The zero-order valence-corrected chi connectivity index (χ0v) is 13.6. The second kappa shape index (κ2) is 7.74. The van der Waals surface area contributed by atoms with Crippen molar-refractivity contribution in [1.82, 2.24) is 5.48 Å². The smallest absolute Gasteiger partial charge is 0.298 e. The quantitative estimate of drug-likeness (QED) is 0.629. The van der Waals surface area contributed by atoms with Crippen molar-refractivity contribution < 1.29 is 19.2 Å². The first-order chi connectivity index (χ1) is 11.1. The van der Waals surface area contributed by atoms with Crippen molar-refractivity contribution in [2.24, 2.45) is 5.92 Å². The fourth-order valence-corrected chi connectivity index (χ4v) is 2.51. The molecule has 2 aliphatic rings. The summed E-state index contributed by atoms with van der Waals surface area (Å²) in [6.45, 7) is 6.84. The molecule has 0 heterocycles. The summed E-state index contributed by atoms with van der Waals surface area (Å²) in [4.78, 5) is 27.8. The average Bonchev–Trinajstić information content (AvgIpc) is 2.70. The molecule has 0 saturated heterocycles. The van der Waals surface area contributed by atoms with E-state index in [4.69, 9.17) is 9.57 Å². The second-order valence-corrected chi connectivity index (χ2v) is 5.66. The van der Waals surface area contributed by atoms with E-state index in [1.165, 1.54) is 0 Å². The Morgan fingerprint density at radius 3 is 2.70 bits per heavy atom. The molecule has 0 spiro atoms. The van der Waals surface area contributed by atoms with Gasteiger partial charge in [-0.3, -0.25) is 14.4 Å². The van der Waals surface area contributed by atoms with Gasteiger partial charge in [0.15, 0.2) is 0 Å². The minimum atomic E-state index is -0.307. The number of carbonyl (C=O) groups is 2. The lowest BCUT2D eigenvalue weighted by Crippen LogP contribution is -2.23. The highest BCUT2D eigenvalue weighted by Crippen LogP contribution is 2.39. The van der Waals surface area contributed by atoms with E-state index in [0.717, 1.165) is 23.1 Å². The summed E-state index contributed by atoms with van der Waals surface area (Å²) in [6.07, 6.45) is 0.829. The molecule has 0 aromatic heterocycles. The number of ether oxygens (including phenoxy) is 1. The Balaban J connectivity index is 2.47. The molecule has 0 atom stereocenters. The van der Waals surface area contributed by atoms with Crippen LogP contribution in [0.1, 0.15) is 36.7 Å². The summed E-state index contributed by atoms with van der Waals surface area (Å²) in [6, 6.07) is 8.98. The zero-order valence-electron chi connectivity index (χ0n) is 13.6. The Bertz CT molecular complexity index is 666. The first kappa shape index (κ1) is 17.0. The average molecular weight is 315 g/mol. The monoisotopic (exact) mass is 315 g/mol. The maximum atomic E-state index is 12.1. The molecule has 122 valence electrons. The number of carbonyl (C=O) groups excluding carboxylic acids is 2. The second-order valence-electron chi connectivity index (χ2n) is 5.66. The van der Waals surface area contributed by atoms with Crippen LogP contribution < -0.4 is 10.2 Å². The van der Waals surface area contributed by atoms with Gasteiger partial charge in [0, 0.05) is 11.1 Å². The van der Waals surface area contributed by atoms with E-state index in [1.54, 1.807) is 25.1 Å². The number of nitrogens with one attached hydrogen (secondary N) is 1. The molecule has 0 aromatic carbocycles. The lowest BCUT2D eigenvalue weighted by molar-refractivity contribution is -0.120. The molecule has 2 aliphatic carbocycles. The van der Waals surface area contributed by atoms with E-state index < -0.39 is 0 Å². The third-order valence-electron chi connectivity index (χ3n) is 3.42. The Kier molecular flexibility index (Phi) is 5.71. The molecule has 0 unspecified atom stereocenters. The highest BCUT2D eigenvalue weighted by molar-refractivity contribution is 5.95. The fourth-order valence-electron chi connectivity index (χ4n) is 2.51. The van der Waals surface area contributed by atoms with Gasteiger partial charge in [0.2, 0.25) is 0 Å². The van der Waals surface area contributed by atoms with Gasteiger partial charge in [-0.1, -0.05) is 26.0 Å². The molecule has 0 saturated carbocycles. The van der Waals surface area contributed by atoms with Crippen LogP contribution in [-0.2, 0) is 16.1 Å². The minimum absolute atomic E-state index is 0.307. The number of amides is 1. The Hall–Kier alpha value is -2.40. The van der Waals surface area contributed by atoms with Crippen LogP contribution in [0, 0.1) is 5.92 Å². The van der Waals surface area contributed by atoms with Crippen LogP contribution in [-0.4, -0.2) is 19.0 Å². The SMILES string of the molecule is CCONC(=O)c1cccc2c(OC=O)cc(CC(C)C)c-2c1. The van der Waals surface area contributed by atoms with Crippen molar-refractivity contribution in [3.8, 4) is 16.9 Å². The van der Waals surface area contributed by atoms with E-state index in [2.05, 4.69) is 19.3 Å². The normalized spacial score (nSPS) is 10.8. The van der Waals surface area contributed by atoms with Crippen molar-refractivity contribution in [3.05, 3.63) is 41.5 Å². The van der Waals surface area contributed by atoms with Crippen molar-refractivity contribution in [1.29, 1.82) is 0 Å². The van der Waals surface area contributed by atoms with E-state index in [1.807, 2.05) is 12.1 Å². The molecule has 0 aromatic rings. The standard InChI is InChI=1S/C18H21NO4/c1-4-23-19-18(21)13-6-5-7-15-16(9-13)14(8-12(2)3)10-17(15)22-11-20/h5-7,9-12H,4,8H2,1-3H3,(H,19,21). The number of hydroxylamine groups is 1. The summed E-state index contributed by atoms with van der Waals surface area (Å²) < 4.78 is 5.08. The van der Waals surface area contributed by atoms with Gasteiger partial charge in [-0.05, 0) is 48.6 Å². The van der Waals surface area contributed by atoms with Crippen molar-refractivity contribution >= 4 is 12.4 Å². The zero-order chi connectivity index (χ0) is 16.8. The van der Waals surface area contributed by atoms with Crippen LogP contribution in [0.25, 0.3) is 11.1 Å². The fraction of sp³-hybridized carbons (Fsp3) is 0.333. The molecule has 0 bridgehead atoms. The summed E-state index contributed by atoms with van der Waals surface area (Å²) in [5, 5.41) is 0. The van der Waals surface area contributed by atoms with Crippen LogP contribution in [0.2, 0.25) is 0 Å². The summed E-state index contributed by atoms with van der Waals surface area (Å²) in [5.41, 5.74) is 5.64. The lowest BCUT2D eigenvalue weighted by Gasteiger charge is -2.06. The molecule has 23 heavy (non-hydrogen) atoms. The van der Waals surface area contributed by atoms with Gasteiger partial charge in [0.05, 0.1) is 6.61 Å². The van der Waals surface area contributed by atoms with Gasteiger partial charge < -0.3 is 4.74 Å². The van der Waals surface area contributed by atoms with Crippen LogP contribution in [0.3, 0.4) is 0 Å². The molecule has 5 nitrogen and oxygen atoms in total. The Labute approximate surface area is 135 Å². The highest BCUT2D eigenvalue weighted by atomic mass is 16.6. The molecular formula is C18H21NO4. The van der Waals surface area contributed by atoms with Crippen LogP contribution in [0.15, 0.2) is 30.3 Å². The highest BCUT2D eigenvalue weighted by Gasteiger charge is 2.18. The minimum Gasteiger partial charge on any atom is -0.428 e. The summed E-state index contributed by atoms with van der Waals surface area (Å²) >= 11 is 0. The number of fused-ring (bicyclic) bond motifs is 1. The van der Waals surface area contributed by atoms with Gasteiger partial charge in [0.25, 0.3) is 12.4 Å². The van der Waals surface area contributed by atoms with Gasteiger partial charge >= 0.3 is 0 Å². The first-order valence-electron chi connectivity index (χ1n) is 7.64. The van der Waals surface area contributed by atoms with Crippen LogP contribution in [0.4, 0.5) is 0 Å². The maximum Gasteiger partial charge on any atom is 0.298 e. The molecule has 5 heteroatoms. The van der Waals surface area contributed by atoms with Crippen LogP contribution in [0.5, 0.6) is 5.75 Å². The maximum absolute atomic E-state index is 12.1. The summed E-state index contributed by atoms with van der Waals surface area (Å²) in [5.74, 6) is 0.646. The predicted octanol–water partition coefficient (Wildman–Crippen LogP) is 3.21. The number of rotatable bonds is 7. The van der Waals surface area contributed by atoms with Gasteiger partial charge in [-0.15, -0.1) is 0 Å². The van der Waals surface area contributed by atoms with E-state index in [0.29, 0.717) is 30.3 Å². The molecule has 0 fully saturated rings. The Morgan fingerprint density at radius 1 is 1.26 bits per heavy atom. The molecule has 1 amide bonds. The largest absolute Gasteiger partial charge is 0.428 e. The first-order valence-corrected chi connectivity index (χ1v) is 7.64. The number of hydrogen-bond donors (Lipinski definition) is 1. The van der Waals surface area contributed by atoms with Gasteiger partial charge in [-0.25, -0.2) is 5.48 Å². The lowest BCUT2D eigenvalue weighted by atomic mass is 10.00. The third-order valence-corrected chi connectivity index (χ3v) is 3.42. The number of hydrogen-bond acceptors (Lipinski definition) is 4. The van der Waals surface area contributed by atoms with Crippen LogP contribution >= 0.6 is 0 Å². The van der Waals surface area contributed by atoms with E-state index in [-0.39, 0.29) is 5.91 Å². The van der Waals surface area contributed by atoms with E-state index >= 15 is 0 Å². The van der Waals surface area contributed by atoms with Crippen molar-refractivity contribution in [3.63, 3.8) is 0 Å². The molecule has 0 radical (unpaired) electrons. The third kappa shape index (κ3) is 4.07. The molecule has 2 rings (SSSR count). The molecular weight excluding hydrogens is 294 g/mol. The van der Waals surface area contributed by atoms with Crippen molar-refractivity contribution in [2.45, 2.75) is 27.2 Å². The summed E-state index contributed by atoms with van der Waals surface area (Å²) in [7, 11) is 0.